The molecule has 0 radical (unpaired) electrons. The van der Waals surface area contributed by atoms with Crippen LogP contribution in [-0.4, -0.2) is 39.1 Å². The highest BCUT2D eigenvalue weighted by molar-refractivity contribution is 8.04. The maximum atomic E-state index is 12.0. The number of benzene rings is 2. The number of nitrogens with zero attached hydrogens (tertiary/aromatic N) is 3. The van der Waals surface area contributed by atoms with E-state index in [0.29, 0.717) is 10.7 Å². The number of anilines is 1. The monoisotopic (exact) mass is 424 g/mol. The first kappa shape index (κ1) is 20.0. The predicted molar refractivity (Wildman–Crippen MR) is 117 cm³/mol. The molecule has 154 valence electrons. The van der Waals surface area contributed by atoms with E-state index in [1.54, 1.807) is 6.07 Å². The fraction of sp³-hybridized carbons (Fsp3) is 0.238. The molecule has 1 aromatic heterocycles. The predicted octanol–water partition coefficient (Wildman–Crippen LogP) is 4.68. The molecule has 0 bridgehead atoms. The average molecular weight is 424 g/mol. The molecule has 2 aromatic carbocycles. The number of rotatable bonds is 6. The van der Waals surface area contributed by atoms with Crippen LogP contribution in [0.15, 0.2) is 52.5 Å². The quantitative estimate of drug-likeness (QED) is 0.256. The van der Waals surface area contributed by atoms with Crippen LogP contribution in [0.4, 0.5) is 11.4 Å². The molecule has 2 N–H and O–H groups in total. The van der Waals surface area contributed by atoms with Gasteiger partial charge in [-0.2, -0.15) is 0 Å². The number of H-pyrrole nitrogens is 1. The van der Waals surface area contributed by atoms with E-state index in [9.17, 15) is 20.0 Å². The number of carboxylic acid groups (broad SMARTS) is 1. The maximum Gasteiger partial charge on any atom is 0.342 e. The number of nitrogens with one attached hydrogen (secondary N) is 1. The molecular weight excluding hydrogens is 404 g/mol. The number of aliphatic carboxylic acids is 1. The van der Waals surface area contributed by atoms with Gasteiger partial charge in [-0.3, -0.25) is 10.1 Å². The number of fused-ring (bicyclic) bond motifs is 1. The minimum Gasteiger partial charge on any atom is -0.477 e. The zero-order valence-electron chi connectivity index (χ0n) is 16.1. The molecule has 4 rings (SSSR count). The molecule has 0 unspecified atom stereocenters. The van der Waals surface area contributed by atoms with Crippen molar-refractivity contribution in [2.75, 3.05) is 18.0 Å². The van der Waals surface area contributed by atoms with Crippen molar-refractivity contribution >= 4 is 46.2 Å². The van der Waals surface area contributed by atoms with Gasteiger partial charge < -0.3 is 15.0 Å². The number of thioether (sulfide) groups is 1. The van der Waals surface area contributed by atoms with Crippen molar-refractivity contribution in [3.63, 3.8) is 0 Å². The number of piperidine rings is 1. The topological polar surface area (TPSA) is 112 Å². The van der Waals surface area contributed by atoms with E-state index in [2.05, 4.69) is 14.9 Å². The number of hydrogen-bond donors (Lipinski definition) is 2. The molecule has 2 heterocycles. The molecule has 8 nitrogen and oxygen atoms in total. The second kappa shape index (κ2) is 8.58. The zero-order chi connectivity index (χ0) is 21.1. The van der Waals surface area contributed by atoms with Crippen LogP contribution in [0.3, 0.4) is 0 Å². The van der Waals surface area contributed by atoms with Crippen molar-refractivity contribution in [3.05, 3.63) is 63.0 Å². The second-order valence-electron chi connectivity index (χ2n) is 7.02. The molecule has 0 aliphatic carbocycles. The van der Waals surface area contributed by atoms with Crippen molar-refractivity contribution in [1.82, 2.24) is 9.97 Å². The summed E-state index contributed by atoms with van der Waals surface area (Å²) in [5.74, 6) is -1.11. The van der Waals surface area contributed by atoms with Crippen LogP contribution in [0.5, 0.6) is 0 Å². The number of non-ortho nitro benzene ring substituents is 1. The van der Waals surface area contributed by atoms with E-state index in [4.69, 9.17) is 0 Å². The van der Waals surface area contributed by atoms with E-state index in [1.807, 2.05) is 24.3 Å². The Morgan fingerprint density at radius 3 is 2.67 bits per heavy atom. The lowest BCUT2D eigenvalue weighted by molar-refractivity contribution is -0.384. The third-order valence-electron chi connectivity index (χ3n) is 4.99. The summed E-state index contributed by atoms with van der Waals surface area (Å²) in [6.07, 6.45) is 4.73. The van der Waals surface area contributed by atoms with Gasteiger partial charge in [0.2, 0.25) is 0 Å². The number of aromatic amines is 1. The zero-order valence-corrected chi connectivity index (χ0v) is 16.9. The summed E-state index contributed by atoms with van der Waals surface area (Å²) in [6.45, 7) is 1.69. The molecule has 1 aliphatic rings. The van der Waals surface area contributed by atoms with Gasteiger partial charge in [0, 0.05) is 36.5 Å². The summed E-state index contributed by atoms with van der Waals surface area (Å²) in [7, 11) is 0. The van der Waals surface area contributed by atoms with Gasteiger partial charge in [-0.1, -0.05) is 12.1 Å². The third-order valence-corrected chi connectivity index (χ3v) is 5.89. The van der Waals surface area contributed by atoms with Gasteiger partial charge in [0.1, 0.15) is 4.91 Å². The van der Waals surface area contributed by atoms with E-state index >= 15 is 0 Å². The van der Waals surface area contributed by atoms with Gasteiger partial charge in [0.05, 0.1) is 16.0 Å². The first-order chi connectivity index (χ1) is 14.5. The minimum atomic E-state index is -1.11. The van der Waals surface area contributed by atoms with E-state index in [0.717, 1.165) is 60.8 Å². The summed E-state index contributed by atoms with van der Waals surface area (Å²) in [5, 5.41) is 21.5. The molecule has 0 amide bonds. The first-order valence-electron chi connectivity index (χ1n) is 9.62. The Balaban J connectivity index is 1.73. The van der Waals surface area contributed by atoms with Crippen LogP contribution in [0.25, 0.3) is 17.1 Å². The van der Waals surface area contributed by atoms with Gasteiger partial charge in [0.25, 0.3) is 5.69 Å². The molecule has 0 atom stereocenters. The van der Waals surface area contributed by atoms with E-state index < -0.39 is 10.9 Å². The van der Waals surface area contributed by atoms with Gasteiger partial charge in [-0.25, -0.2) is 9.78 Å². The number of carboxylic acids is 1. The smallest absolute Gasteiger partial charge is 0.342 e. The Kier molecular flexibility index (Phi) is 5.71. The van der Waals surface area contributed by atoms with Gasteiger partial charge >= 0.3 is 5.97 Å². The average Bonchev–Trinajstić information content (AvgIpc) is 3.16. The Hall–Kier alpha value is -3.33. The second-order valence-corrected chi connectivity index (χ2v) is 8.05. The number of hydrogen-bond acceptors (Lipinski definition) is 6. The van der Waals surface area contributed by atoms with Crippen LogP contribution < -0.4 is 4.90 Å². The van der Waals surface area contributed by atoms with E-state index in [1.165, 1.54) is 18.2 Å². The van der Waals surface area contributed by atoms with Gasteiger partial charge in [-0.05, 0) is 55.3 Å². The lowest BCUT2D eigenvalue weighted by atomic mass is 10.1. The lowest BCUT2D eigenvalue weighted by Gasteiger charge is -2.30. The Labute approximate surface area is 176 Å². The summed E-state index contributed by atoms with van der Waals surface area (Å²) in [5.41, 5.74) is 2.82. The normalized spacial score (nSPS) is 14.8. The van der Waals surface area contributed by atoms with E-state index in [-0.39, 0.29) is 10.6 Å². The van der Waals surface area contributed by atoms with Crippen LogP contribution in [-0.2, 0) is 4.79 Å². The van der Waals surface area contributed by atoms with Crippen molar-refractivity contribution < 1.29 is 14.8 Å². The molecule has 30 heavy (non-hydrogen) atoms. The van der Waals surface area contributed by atoms with Crippen LogP contribution in [0.2, 0.25) is 0 Å². The Morgan fingerprint density at radius 2 is 1.97 bits per heavy atom. The number of nitro benzene ring substituents is 1. The lowest BCUT2D eigenvalue weighted by Crippen LogP contribution is -2.29. The highest BCUT2D eigenvalue weighted by Gasteiger charge is 2.19. The largest absolute Gasteiger partial charge is 0.477 e. The fourth-order valence-corrected chi connectivity index (χ4v) is 4.34. The number of nitro groups is 1. The third kappa shape index (κ3) is 4.30. The highest BCUT2D eigenvalue weighted by atomic mass is 32.2. The number of carbonyl (C=O) groups is 1. The number of imidazole rings is 1. The summed E-state index contributed by atoms with van der Waals surface area (Å²) in [6, 6.07) is 12.1. The molecule has 1 fully saturated rings. The van der Waals surface area contributed by atoms with Crippen LogP contribution in [0.1, 0.15) is 24.8 Å². The summed E-state index contributed by atoms with van der Waals surface area (Å²) in [4.78, 5) is 32.5. The fourth-order valence-electron chi connectivity index (χ4n) is 3.55. The van der Waals surface area contributed by atoms with Gasteiger partial charge in [0.15, 0.2) is 5.16 Å². The SMILES string of the molecule is O=C(O)/C(=C\c1cc([N+](=O)[O-])ccc1N1CCCCC1)Sc1nc2ccccc2[nH]1. The molecule has 3 aromatic rings. The molecule has 0 saturated carbocycles. The van der Waals surface area contributed by atoms with Crippen molar-refractivity contribution in [2.45, 2.75) is 24.4 Å². The Bertz CT molecular complexity index is 1100. The van der Waals surface area contributed by atoms with Crippen molar-refractivity contribution in [1.29, 1.82) is 0 Å². The minimum absolute atomic E-state index is 0.0350. The van der Waals surface area contributed by atoms with Crippen LogP contribution >= 0.6 is 11.8 Å². The maximum absolute atomic E-state index is 12.0. The first-order valence-corrected chi connectivity index (χ1v) is 10.4. The summed E-state index contributed by atoms with van der Waals surface area (Å²) >= 11 is 0.994. The van der Waals surface area contributed by atoms with Crippen molar-refractivity contribution in [2.24, 2.45) is 0 Å². The number of aromatic nitrogens is 2. The summed E-state index contributed by atoms with van der Waals surface area (Å²) < 4.78 is 0. The highest BCUT2D eigenvalue weighted by Crippen LogP contribution is 2.33. The van der Waals surface area contributed by atoms with Crippen molar-refractivity contribution in [3.8, 4) is 0 Å². The molecule has 9 heteroatoms. The number of para-hydroxylation sites is 2. The molecular formula is C21H20N4O4S. The van der Waals surface area contributed by atoms with Gasteiger partial charge in [-0.15, -0.1) is 0 Å². The molecule has 1 saturated heterocycles. The van der Waals surface area contributed by atoms with Crippen LogP contribution in [0, 0.1) is 10.1 Å². The molecule has 1 aliphatic heterocycles. The Morgan fingerprint density at radius 1 is 1.20 bits per heavy atom. The standard InChI is InChI=1S/C21H20N4O4S/c26-20(27)19(30-21-22-16-6-2-3-7-17(16)23-21)13-14-12-15(25(28)29)8-9-18(14)24-10-4-1-5-11-24/h2-3,6-9,12-13H,1,4-5,10-11H2,(H,22,23)(H,26,27)/b19-13+. The molecule has 0 spiro atoms.